The quantitative estimate of drug-likeness (QED) is 0.470. The summed E-state index contributed by atoms with van der Waals surface area (Å²) < 4.78 is 0. The minimum atomic E-state index is -0.0178. The van der Waals surface area contributed by atoms with Crippen LogP contribution < -0.4 is 0 Å². The van der Waals surface area contributed by atoms with Gasteiger partial charge in [0.05, 0.1) is 6.10 Å². The summed E-state index contributed by atoms with van der Waals surface area (Å²) in [5.41, 5.74) is 2.55. The molecule has 9 atom stereocenters. The fraction of sp³-hybridized carbons (Fsp3) is 0.929. The van der Waals surface area contributed by atoms with E-state index in [9.17, 15) is 5.11 Å². The second-order valence-corrected chi connectivity index (χ2v) is 12.6. The van der Waals surface area contributed by atoms with Crippen molar-refractivity contribution in [2.24, 2.45) is 52.3 Å². The Labute approximate surface area is 181 Å². The molecule has 1 nitrogen and oxygen atoms in total. The van der Waals surface area contributed by atoms with Crippen molar-refractivity contribution in [2.45, 2.75) is 111 Å². The van der Waals surface area contributed by atoms with E-state index in [4.69, 9.17) is 0 Å². The summed E-state index contributed by atoms with van der Waals surface area (Å²) in [4.78, 5) is 0. The summed E-state index contributed by atoms with van der Waals surface area (Å²) in [7, 11) is 0. The van der Waals surface area contributed by atoms with Crippen LogP contribution >= 0.6 is 0 Å². The number of aliphatic hydroxyl groups excluding tert-OH is 1. The van der Waals surface area contributed by atoms with Crippen LogP contribution in [-0.2, 0) is 0 Å². The number of hydrogen-bond acceptors (Lipinski definition) is 1. The largest absolute Gasteiger partial charge is 0.393 e. The molecule has 0 aromatic heterocycles. The van der Waals surface area contributed by atoms with E-state index in [1.807, 2.05) is 0 Å². The smallest absolute Gasteiger partial charge is 0.0543 e. The van der Waals surface area contributed by atoms with Gasteiger partial charge >= 0.3 is 0 Å². The normalized spacial score (nSPS) is 48.0. The van der Waals surface area contributed by atoms with Gasteiger partial charge in [-0.25, -0.2) is 0 Å². The van der Waals surface area contributed by atoms with Crippen molar-refractivity contribution in [1.82, 2.24) is 0 Å². The van der Waals surface area contributed by atoms with Crippen LogP contribution in [0.1, 0.15) is 105 Å². The first-order valence-electron chi connectivity index (χ1n) is 13.0. The summed E-state index contributed by atoms with van der Waals surface area (Å²) in [6.45, 7) is 16.8. The van der Waals surface area contributed by atoms with Crippen LogP contribution in [0.15, 0.2) is 12.2 Å². The lowest BCUT2D eigenvalue weighted by atomic mass is 9.44. The molecule has 4 aliphatic rings. The van der Waals surface area contributed by atoms with Gasteiger partial charge in [0.1, 0.15) is 0 Å². The van der Waals surface area contributed by atoms with Gasteiger partial charge in [0.15, 0.2) is 0 Å². The first kappa shape index (κ1) is 21.9. The maximum atomic E-state index is 10.3. The van der Waals surface area contributed by atoms with Gasteiger partial charge < -0.3 is 5.11 Å². The summed E-state index contributed by atoms with van der Waals surface area (Å²) in [5.74, 6) is 6.05. The van der Waals surface area contributed by atoms with Crippen LogP contribution in [-0.4, -0.2) is 11.2 Å². The zero-order valence-electron chi connectivity index (χ0n) is 20.1. The van der Waals surface area contributed by atoms with Crippen LogP contribution in [0, 0.1) is 52.3 Å². The molecule has 0 unspecified atom stereocenters. The molecule has 0 aromatic carbocycles. The number of rotatable bonds is 5. The van der Waals surface area contributed by atoms with Crippen molar-refractivity contribution < 1.29 is 5.11 Å². The van der Waals surface area contributed by atoms with E-state index in [-0.39, 0.29) is 6.10 Å². The Morgan fingerprint density at radius 2 is 1.62 bits per heavy atom. The van der Waals surface area contributed by atoms with Gasteiger partial charge in [-0.05, 0) is 123 Å². The minimum Gasteiger partial charge on any atom is -0.393 e. The molecule has 0 heterocycles. The molecule has 4 fully saturated rings. The molecule has 4 rings (SSSR count). The standard InChI is InChI=1S/C28H48O/c1-18(2)19(3)7-8-20(4)24-11-12-25-23-10-9-21-17-22(29)13-15-27(21,5)26(23)14-16-28(24,25)6/h18,20-26,29H,3,7-17H2,1-2,4-6H3/t20-,21+,22+,23+,24+,25+,26+,27+,28-/m1/s1. The Bertz CT molecular complexity index is 607. The summed E-state index contributed by atoms with van der Waals surface area (Å²) >= 11 is 0. The fourth-order valence-corrected chi connectivity index (χ4v) is 9.11. The Balaban J connectivity index is 1.46. The predicted octanol–water partition coefficient (Wildman–Crippen LogP) is 7.63. The molecular formula is C28H48O. The zero-order valence-corrected chi connectivity index (χ0v) is 20.1. The third kappa shape index (κ3) is 3.66. The van der Waals surface area contributed by atoms with Gasteiger partial charge in [-0.1, -0.05) is 46.8 Å². The summed E-state index contributed by atoms with van der Waals surface area (Å²) in [5, 5.41) is 10.3. The van der Waals surface area contributed by atoms with E-state index >= 15 is 0 Å². The average molecular weight is 401 g/mol. The van der Waals surface area contributed by atoms with Gasteiger partial charge in [0, 0.05) is 0 Å². The first-order chi connectivity index (χ1) is 13.7. The van der Waals surface area contributed by atoms with Crippen LogP contribution in [0.25, 0.3) is 0 Å². The molecular weight excluding hydrogens is 352 g/mol. The topological polar surface area (TPSA) is 20.2 Å². The lowest BCUT2D eigenvalue weighted by Crippen LogP contribution is -2.54. The van der Waals surface area contributed by atoms with Crippen molar-refractivity contribution in [1.29, 1.82) is 0 Å². The molecule has 1 heteroatoms. The highest BCUT2D eigenvalue weighted by atomic mass is 16.3. The number of hydrogen-bond donors (Lipinski definition) is 1. The zero-order chi connectivity index (χ0) is 21.0. The van der Waals surface area contributed by atoms with E-state index < -0.39 is 0 Å². The SMILES string of the molecule is C=C(CC[C@@H](C)[C@@H]1CC[C@H]2[C@@H]3CC[C@H]4C[C@@H](O)CC[C@]4(C)[C@H]3CC[C@@]21C)C(C)C. The summed E-state index contributed by atoms with van der Waals surface area (Å²) in [6.07, 6.45) is 14.7. The lowest BCUT2D eigenvalue weighted by molar-refractivity contribution is -0.129. The highest BCUT2D eigenvalue weighted by molar-refractivity contribution is 5.10. The third-order valence-corrected chi connectivity index (χ3v) is 11.1. The van der Waals surface area contributed by atoms with E-state index in [0.29, 0.717) is 16.7 Å². The summed E-state index contributed by atoms with van der Waals surface area (Å²) in [6, 6.07) is 0. The highest BCUT2D eigenvalue weighted by Crippen LogP contribution is 2.68. The van der Waals surface area contributed by atoms with E-state index in [2.05, 4.69) is 41.2 Å². The van der Waals surface area contributed by atoms with Crippen LogP contribution in [0.2, 0.25) is 0 Å². The maximum absolute atomic E-state index is 10.3. The first-order valence-corrected chi connectivity index (χ1v) is 13.0. The molecule has 0 aromatic rings. The Hall–Kier alpha value is -0.300. The molecule has 166 valence electrons. The number of allylic oxidation sites excluding steroid dienone is 1. The molecule has 4 saturated carbocycles. The minimum absolute atomic E-state index is 0.0178. The van der Waals surface area contributed by atoms with Crippen molar-refractivity contribution in [3.63, 3.8) is 0 Å². The van der Waals surface area contributed by atoms with Crippen LogP contribution in [0.4, 0.5) is 0 Å². The monoisotopic (exact) mass is 400 g/mol. The maximum Gasteiger partial charge on any atom is 0.0543 e. The molecule has 0 bridgehead atoms. The van der Waals surface area contributed by atoms with E-state index in [1.165, 1.54) is 63.4 Å². The average Bonchev–Trinajstić information content (AvgIpc) is 3.03. The van der Waals surface area contributed by atoms with Gasteiger partial charge in [0.2, 0.25) is 0 Å². The molecule has 0 aliphatic heterocycles. The van der Waals surface area contributed by atoms with Gasteiger partial charge in [-0.15, -0.1) is 0 Å². The molecule has 0 saturated heterocycles. The Kier molecular flexibility index (Phi) is 6.04. The van der Waals surface area contributed by atoms with Crippen molar-refractivity contribution in [3.8, 4) is 0 Å². The van der Waals surface area contributed by atoms with Gasteiger partial charge in [-0.3, -0.25) is 0 Å². The second kappa shape index (κ2) is 7.99. The third-order valence-electron chi connectivity index (χ3n) is 11.1. The second-order valence-electron chi connectivity index (χ2n) is 12.6. The van der Waals surface area contributed by atoms with E-state index in [0.717, 1.165) is 48.3 Å². The highest BCUT2D eigenvalue weighted by Gasteiger charge is 2.60. The van der Waals surface area contributed by atoms with Crippen molar-refractivity contribution in [3.05, 3.63) is 12.2 Å². The fourth-order valence-electron chi connectivity index (χ4n) is 9.11. The molecule has 0 spiro atoms. The van der Waals surface area contributed by atoms with Crippen LogP contribution in [0.5, 0.6) is 0 Å². The van der Waals surface area contributed by atoms with Crippen LogP contribution in [0.3, 0.4) is 0 Å². The van der Waals surface area contributed by atoms with E-state index in [1.54, 1.807) is 0 Å². The molecule has 29 heavy (non-hydrogen) atoms. The van der Waals surface area contributed by atoms with Crippen molar-refractivity contribution >= 4 is 0 Å². The molecule has 4 aliphatic carbocycles. The molecule has 1 N–H and O–H groups in total. The molecule has 0 amide bonds. The Morgan fingerprint density at radius 1 is 0.931 bits per heavy atom. The van der Waals surface area contributed by atoms with Crippen molar-refractivity contribution in [2.75, 3.05) is 0 Å². The van der Waals surface area contributed by atoms with Gasteiger partial charge in [-0.2, -0.15) is 0 Å². The number of fused-ring (bicyclic) bond motifs is 5. The Morgan fingerprint density at radius 3 is 2.34 bits per heavy atom. The number of aliphatic hydroxyl groups is 1. The lowest BCUT2D eigenvalue weighted by Gasteiger charge is -2.61. The predicted molar refractivity (Wildman–Crippen MR) is 124 cm³/mol. The van der Waals surface area contributed by atoms with Gasteiger partial charge in [0.25, 0.3) is 0 Å². The molecule has 0 radical (unpaired) electrons.